The van der Waals surface area contributed by atoms with Gasteiger partial charge in [-0.2, -0.15) is 0 Å². The molecule has 6 nitrogen and oxygen atoms in total. The molecule has 116 valence electrons. The highest BCUT2D eigenvalue weighted by Crippen LogP contribution is 2.10. The molecule has 0 amide bonds. The molecule has 0 aliphatic carbocycles. The Bertz CT molecular complexity index is 904. The van der Waals surface area contributed by atoms with Gasteiger partial charge in [0.05, 0.1) is 13.0 Å². The minimum Gasteiger partial charge on any atom is -0.481 e. The maximum atomic E-state index is 12.7. The van der Waals surface area contributed by atoms with Crippen LogP contribution in [0.2, 0.25) is 0 Å². The van der Waals surface area contributed by atoms with Gasteiger partial charge < -0.3 is 5.11 Å². The van der Waals surface area contributed by atoms with Gasteiger partial charge in [-0.25, -0.2) is 9.97 Å². The minimum absolute atomic E-state index is 0.105. The van der Waals surface area contributed by atoms with E-state index in [2.05, 4.69) is 9.97 Å². The van der Waals surface area contributed by atoms with Gasteiger partial charge in [0.2, 0.25) is 0 Å². The van der Waals surface area contributed by atoms with E-state index in [0.717, 1.165) is 5.56 Å². The first kappa shape index (κ1) is 14.9. The van der Waals surface area contributed by atoms with Gasteiger partial charge in [-0.05, 0) is 17.7 Å². The molecule has 0 fully saturated rings. The third kappa shape index (κ3) is 3.26. The normalized spacial score (nSPS) is 10.8. The van der Waals surface area contributed by atoms with Crippen LogP contribution in [0.15, 0.2) is 53.5 Å². The van der Waals surface area contributed by atoms with E-state index >= 15 is 0 Å². The minimum atomic E-state index is -0.952. The van der Waals surface area contributed by atoms with Crippen LogP contribution in [0.25, 0.3) is 11.2 Å². The van der Waals surface area contributed by atoms with Crippen LogP contribution in [-0.2, 0) is 17.8 Å². The van der Waals surface area contributed by atoms with Crippen molar-refractivity contribution in [3.63, 3.8) is 0 Å². The van der Waals surface area contributed by atoms with E-state index < -0.39 is 5.97 Å². The number of fused-ring (bicyclic) bond motifs is 1. The zero-order valence-electron chi connectivity index (χ0n) is 12.3. The zero-order chi connectivity index (χ0) is 16.2. The molecule has 0 unspecified atom stereocenters. The summed E-state index contributed by atoms with van der Waals surface area (Å²) in [6, 6.07) is 13.1. The molecule has 6 heteroatoms. The van der Waals surface area contributed by atoms with Crippen LogP contribution in [-0.4, -0.2) is 25.6 Å². The molecule has 2 aromatic heterocycles. The van der Waals surface area contributed by atoms with Crippen molar-refractivity contribution in [1.29, 1.82) is 0 Å². The average Bonchev–Trinajstić information content (AvgIpc) is 2.57. The van der Waals surface area contributed by atoms with Crippen LogP contribution < -0.4 is 5.56 Å². The van der Waals surface area contributed by atoms with E-state index in [1.807, 2.05) is 30.3 Å². The summed E-state index contributed by atoms with van der Waals surface area (Å²) in [6.07, 6.45) is 1.59. The molecule has 1 aromatic carbocycles. The van der Waals surface area contributed by atoms with E-state index in [4.69, 9.17) is 5.11 Å². The number of hydrogen-bond donors (Lipinski definition) is 1. The molecule has 3 aromatic rings. The molecule has 23 heavy (non-hydrogen) atoms. The molecule has 0 spiro atoms. The maximum absolute atomic E-state index is 12.7. The zero-order valence-corrected chi connectivity index (χ0v) is 12.3. The molecule has 0 radical (unpaired) electrons. The van der Waals surface area contributed by atoms with Crippen molar-refractivity contribution in [2.24, 2.45) is 0 Å². The molecule has 0 aliphatic rings. The molecule has 0 saturated carbocycles. The summed E-state index contributed by atoms with van der Waals surface area (Å²) in [5.41, 5.74) is 2.02. The Labute approximate surface area is 132 Å². The second-order valence-corrected chi connectivity index (χ2v) is 5.18. The highest BCUT2D eigenvalue weighted by molar-refractivity contribution is 5.70. The van der Waals surface area contributed by atoms with E-state index in [-0.39, 0.29) is 24.1 Å². The van der Waals surface area contributed by atoms with Crippen LogP contribution in [0.4, 0.5) is 0 Å². The Morgan fingerprint density at radius 1 is 1.13 bits per heavy atom. The predicted octanol–water partition coefficient (Wildman–Crippen LogP) is 1.86. The Morgan fingerprint density at radius 3 is 2.65 bits per heavy atom. The lowest BCUT2D eigenvalue weighted by molar-refractivity contribution is -0.136. The fraction of sp³-hybridized carbons (Fsp3) is 0.176. The van der Waals surface area contributed by atoms with Gasteiger partial charge in [-0.3, -0.25) is 14.2 Å². The van der Waals surface area contributed by atoms with Gasteiger partial charge >= 0.3 is 5.97 Å². The standard InChI is InChI=1S/C17H15N3O3/c21-15(22)9-8-14-17(23)20(11-12-5-2-1-3-6-12)16-13(19-14)7-4-10-18-16/h1-7,10H,8-9,11H2,(H,21,22). The second-order valence-electron chi connectivity index (χ2n) is 5.18. The van der Waals surface area contributed by atoms with E-state index in [9.17, 15) is 9.59 Å². The SMILES string of the molecule is O=C(O)CCc1nc2cccnc2n(Cc2ccccc2)c1=O. The number of pyridine rings is 1. The fourth-order valence-electron chi connectivity index (χ4n) is 2.43. The number of hydrogen-bond acceptors (Lipinski definition) is 4. The number of rotatable bonds is 5. The molecule has 1 N–H and O–H groups in total. The number of aromatic nitrogens is 3. The summed E-state index contributed by atoms with van der Waals surface area (Å²) in [6.45, 7) is 0.371. The number of carboxylic acids is 1. The van der Waals surface area contributed by atoms with Crippen LogP contribution in [0.5, 0.6) is 0 Å². The molecule has 0 aliphatic heterocycles. The number of aryl methyl sites for hydroxylation is 1. The van der Waals surface area contributed by atoms with E-state index in [0.29, 0.717) is 17.7 Å². The Hall–Kier alpha value is -3.02. The third-order valence-electron chi connectivity index (χ3n) is 3.53. The molecule has 0 atom stereocenters. The topological polar surface area (TPSA) is 85.1 Å². The van der Waals surface area contributed by atoms with Gasteiger partial charge in [0.25, 0.3) is 5.56 Å². The van der Waals surface area contributed by atoms with Crippen molar-refractivity contribution in [2.45, 2.75) is 19.4 Å². The first-order valence-corrected chi connectivity index (χ1v) is 7.25. The highest BCUT2D eigenvalue weighted by Gasteiger charge is 2.13. The van der Waals surface area contributed by atoms with Crippen molar-refractivity contribution >= 4 is 17.1 Å². The number of carboxylic acid groups (broad SMARTS) is 1. The summed E-state index contributed by atoms with van der Waals surface area (Å²) in [5, 5.41) is 8.83. The Kier molecular flexibility index (Phi) is 4.14. The van der Waals surface area contributed by atoms with Crippen molar-refractivity contribution < 1.29 is 9.90 Å². The van der Waals surface area contributed by atoms with Gasteiger partial charge in [0, 0.05) is 12.6 Å². The van der Waals surface area contributed by atoms with Gasteiger partial charge in [-0.1, -0.05) is 30.3 Å². The molecule has 0 saturated heterocycles. The molecule has 0 bridgehead atoms. The average molecular weight is 309 g/mol. The van der Waals surface area contributed by atoms with Crippen LogP contribution in [0, 0.1) is 0 Å². The van der Waals surface area contributed by atoms with Gasteiger partial charge in [0.1, 0.15) is 11.2 Å². The number of nitrogens with zero attached hydrogens (tertiary/aromatic N) is 3. The second kappa shape index (κ2) is 6.39. The van der Waals surface area contributed by atoms with Crippen molar-refractivity contribution in [1.82, 2.24) is 14.5 Å². The van der Waals surface area contributed by atoms with Gasteiger partial charge in [0.15, 0.2) is 5.65 Å². The Balaban J connectivity index is 2.11. The fourth-order valence-corrected chi connectivity index (χ4v) is 2.43. The van der Waals surface area contributed by atoms with Crippen LogP contribution in [0.3, 0.4) is 0 Å². The summed E-state index contributed by atoms with van der Waals surface area (Å²) >= 11 is 0. The lowest BCUT2D eigenvalue weighted by Crippen LogP contribution is -2.27. The van der Waals surface area contributed by atoms with Crippen LogP contribution in [0.1, 0.15) is 17.7 Å². The lowest BCUT2D eigenvalue weighted by atomic mass is 10.2. The number of aliphatic carboxylic acids is 1. The summed E-state index contributed by atoms with van der Waals surface area (Å²) in [5.74, 6) is -0.952. The van der Waals surface area contributed by atoms with Crippen molar-refractivity contribution in [3.8, 4) is 0 Å². The predicted molar refractivity (Wildman–Crippen MR) is 85.3 cm³/mol. The maximum Gasteiger partial charge on any atom is 0.303 e. The molecule has 3 rings (SSSR count). The third-order valence-corrected chi connectivity index (χ3v) is 3.53. The number of benzene rings is 1. The summed E-state index contributed by atoms with van der Waals surface area (Å²) in [4.78, 5) is 32.0. The largest absolute Gasteiger partial charge is 0.481 e. The van der Waals surface area contributed by atoms with Crippen molar-refractivity contribution in [3.05, 3.63) is 70.3 Å². The van der Waals surface area contributed by atoms with Crippen LogP contribution >= 0.6 is 0 Å². The quantitative estimate of drug-likeness (QED) is 0.777. The first-order valence-electron chi connectivity index (χ1n) is 7.25. The highest BCUT2D eigenvalue weighted by atomic mass is 16.4. The smallest absolute Gasteiger partial charge is 0.303 e. The van der Waals surface area contributed by atoms with Gasteiger partial charge in [-0.15, -0.1) is 0 Å². The molecular formula is C17H15N3O3. The molecule has 2 heterocycles. The monoisotopic (exact) mass is 309 g/mol. The lowest BCUT2D eigenvalue weighted by Gasteiger charge is -2.11. The van der Waals surface area contributed by atoms with Crippen molar-refractivity contribution in [2.75, 3.05) is 0 Å². The summed E-state index contributed by atoms with van der Waals surface area (Å²) in [7, 11) is 0. The summed E-state index contributed by atoms with van der Waals surface area (Å²) < 4.78 is 1.55. The number of carbonyl (C=O) groups is 1. The Morgan fingerprint density at radius 2 is 1.91 bits per heavy atom. The molecular weight excluding hydrogens is 294 g/mol. The van der Waals surface area contributed by atoms with E-state index in [1.165, 1.54) is 0 Å². The first-order chi connectivity index (χ1) is 11.1. The van der Waals surface area contributed by atoms with E-state index in [1.54, 1.807) is 22.9 Å².